The summed E-state index contributed by atoms with van der Waals surface area (Å²) in [5.41, 5.74) is 4.11. The zero-order valence-electron chi connectivity index (χ0n) is 11.9. The van der Waals surface area contributed by atoms with Gasteiger partial charge in [-0.05, 0) is 42.5 Å². The molecule has 116 valence electrons. The Bertz CT molecular complexity index is 787. The van der Waals surface area contributed by atoms with Gasteiger partial charge in [-0.1, -0.05) is 17.7 Å². The first-order valence-corrected chi connectivity index (χ1v) is 7.16. The number of rotatable bonds is 3. The first kappa shape index (κ1) is 15.1. The maximum absolute atomic E-state index is 12.2. The van der Waals surface area contributed by atoms with Crippen LogP contribution >= 0.6 is 11.6 Å². The highest BCUT2D eigenvalue weighted by atomic mass is 35.5. The van der Waals surface area contributed by atoms with Crippen LogP contribution in [0.1, 0.15) is 15.9 Å². The summed E-state index contributed by atoms with van der Waals surface area (Å²) in [4.78, 5) is 23.2. The van der Waals surface area contributed by atoms with E-state index in [1.165, 1.54) is 0 Å². The molecule has 2 amide bonds. The molecule has 1 heterocycles. The van der Waals surface area contributed by atoms with E-state index in [0.717, 1.165) is 0 Å². The van der Waals surface area contributed by atoms with Gasteiger partial charge in [0.05, 0.1) is 0 Å². The fourth-order valence-corrected chi connectivity index (χ4v) is 2.18. The van der Waals surface area contributed by atoms with E-state index in [1.54, 1.807) is 48.5 Å². The van der Waals surface area contributed by atoms with Gasteiger partial charge in [-0.15, -0.1) is 5.10 Å². The van der Waals surface area contributed by atoms with Gasteiger partial charge < -0.3 is 10.1 Å². The van der Waals surface area contributed by atoms with Crippen molar-refractivity contribution in [1.29, 1.82) is 0 Å². The number of ether oxygens (including phenoxy) is 1. The molecule has 0 aliphatic carbocycles. The van der Waals surface area contributed by atoms with Crippen molar-refractivity contribution in [2.45, 2.75) is 0 Å². The second-order valence-electron chi connectivity index (χ2n) is 4.78. The molecule has 1 aliphatic rings. The lowest BCUT2D eigenvalue weighted by Crippen LogP contribution is -2.32. The number of nitrogens with one attached hydrogen (secondary N) is 2. The Morgan fingerprint density at radius 2 is 2.00 bits per heavy atom. The third kappa shape index (κ3) is 3.67. The third-order valence-electron chi connectivity index (χ3n) is 3.10. The average molecular weight is 330 g/mol. The van der Waals surface area contributed by atoms with E-state index in [2.05, 4.69) is 15.8 Å². The highest BCUT2D eigenvalue weighted by Crippen LogP contribution is 2.16. The van der Waals surface area contributed by atoms with Gasteiger partial charge in [0.25, 0.3) is 11.8 Å². The Morgan fingerprint density at radius 3 is 2.65 bits per heavy atom. The van der Waals surface area contributed by atoms with Crippen LogP contribution in [0.15, 0.2) is 53.6 Å². The van der Waals surface area contributed by atoms with Crippen molar-refractivity contribution >= 4 is 35.0 Å². The van der Waals surface area contributed by atoms with E-state index < -0.39 is 0 Å². The standard InChI is InChI=1S/C16H12ClN3O3/c17-12-2-1-3-13(8-12)18-15(22)10-4-6-11(7-5-10)16-20-19-14(21)9-23-16/h1-8H,9H2,(H,18,22)(H,19,21). The molecule has 0 unspecified atom stereocenters. The van der Waals surface area contributed by atoms with Crippen LogP contribution in [0.3, 0.4) is 0 Å². The highest BCUT2D eigenvalue weighted by molar-refractivity contribution is 6.31. The lowest BCUT2D eigenvalue weighted by molar-refractivity contribution is -0.124. The fraction of sp³-hybridized carbons (Fsp3) is 0.0625. The normalized spacial score (nSPS) is 13.6. The molecule has 0 atom stereocenters. The van der Waals surface area contributed by atoms with E-state index >= 15 is 0 Å². The van der Waals surface area contributed by atoms with Gasteiger partial charge in [-0.3, -0.25) is 9.59 Å². The summed E-state index contributed by atoms with van der Waals surface area (Å²) in [6.45, 7) is -0.0736. The number of halogens is 1. The third-order valence-corrected chi connectivity index (χ3v) is 3.33. The predicted octanol–water partition coefficient (Wildman–Crippen LogP) is 2.40. The van der Waals surface area contributed by atoms with Gasteiger partial charge in [0, 0.05) is 21.8 Å². The van der Waals surface area contributed by atoms with Crippen LogP contribution in [0.4, 0.5) is 5.69 Å². The molecule has 0 saturated carbocycles. The number of nitrogens with zero attached hydrogens (tertiary/aromatic N) is 1. The van der Waals surface area contributed by atoms with Crippen LogP contribution in [-0.4, -0.2) is 24.3 Å². The van der Waals surface area contributed by atoms with Gasteiger partial charge in [0.2, 0.25) is 5.90 Å². The fourth-order valence-electron chi connectivity index (χ4n) is 1.99. The minimum Gasteiger partial charge on any atom is -0.466 e. The maximum Gasteiger partial charge on any atom is 0.278 e. The van der Waals surface area contributed by atoms with Crippen molar-refractivity contribution in [3.63, 3.8) is 0 Å². The topological polar surface area (TPSA) is 79.8 Å². The molecule has 1 aliphatic heterocycles. The van der Waals surface area contributed by atoms with Crippen LogP contribution in [0.25, 0.3) is 0 Å². The van der Waals surface area contributed by atoms with Gasteiger partial charge in [-0.25, -0.2) is 5.43 Å². The van der Waals surface area contributed by atoms with Crippen LogP contribution in [0, 0.1) is 0 Å². The Kier molecular flexibility index (Phi) is 4.25. The Labute approximate surface area is 137 Å². The van der Waals surface area contributed by atoms with E-state index in [1.807, 2.05) is 0 Å². The van der Waals surface area contributed by atoms with Crippen molar-refractivity contribution in [1.82, 2.24) is 5.43 Å². The molecule has 0 radical (unpaired) electrons. The summed E-state index contributed by atoms with van der Waals surface area (Å²) in [5, 5.41) is 7.12. The van der Waals surface area contributed by atoms with Gasteiger partial charge in [0.1, 0.15) is 0 Å². The molecule has 2 N–H and O–H groups in total. The minimum absolute atomic E-state index is 0.0736. The number of amides is 2. The zero-order chi connectivity index (χ0) is 16.2. The molecular weight excluding hydrogens is 318 g/mol. The molecule has 0 spiro atoms. The quantitative estimate of drug-likeness (QED) is 0.907. The number of benzene rings is 2. The molecule has 0 bridgehead atoms. The zero-order valence-corrected chi connectivity index (χ0v) is 12.6. The second kappa shape index (κ2) is 6.50. The largest absolute Gasteiger partial charge is 0.466 e. The van der Waals surface area contributed by atoms with Crippen LogP contribution in [0.5, 0.6) is 0 Å². The number of carbonyl (C=O) groups excluding carboxylic acids is 2. The molecule has 2 aromatic carbocycles. The second-order valence-corrected chi connectivity index (χ2v) is 5.22. The molecular formula is C16H12ClN3O3. The summed E-state index contributed by atoms with van der Waals surface area (Å²) in [7, 11) is 0. The van der Waals surface area contributed by atoms with Crippen molar-refractivity contribution in [3.8, 4) is 0 Å². The Hall–Kier alpha value is -2.86. The van der Waals surface area contributed by atoms with E-state index in [9.17, 15) is 9.59 Å². The minimum atomic E-state index is -0.300. The van der Waals surface area contributed by atoms with Gasteiger partial charge >= 0.3 is 0 Å². The molecule has 3 rings (SSSR count). The smallest absolute Gasteiger partial charge is 0.278 e. The summed E-state index contributed by atoms with van der Waals surface area (Å²) in [6.07, 6.45) is 0. The highest BCUT2D eigenvalue weighted by Gasteiger charge is 2.15. The monoisotopic (exact) mass is 329 g/mol. The van der Waals surface area contributed by atoms with Gasteiger partial charge in [0.15, 0.2) is 6.61 Å². The summed E-state index contributed by atoms with van der Waals surface area (Å²) < 4.78 is 5.21. The molecule has 7 heteroatoms. The Morgan fingerprint density at radius 1 is 1.22 bits per heavy atom. The summed E-state index contributed by atoms with van der Waals surface area (Å²) in [5.74, 6) is -0.240. The van der Waals surface area contributed by atoms with E-state index in [4.69, 9.17) is 16.3 Å². The molecule has 2 aromatic rings. The first-order chi connectivity index (χ1) is 11.1. The molecule has 0 aromatic heterocycles. The lowest BCUT2D eigenvalue weighted by atomic mass is 10.1. The molecule has 6 nitrogen and oxygen atoms in total. The number of hydrazone groups is 1. The maximum atomic E-state index is 12.2. The van der Waals surface area contributed by atoms with Crippen LogP contribution in [0.2, 0.25) is 5.02 Å². The predicted molar refractivity (Wildman–Crippen MR) is 86.5 cm³/mol. The van der Waals surface area contributed by atoms with Crippen LogP contribution in [-0.2, 0) is 9.53 Å². The summed E-state index contributed by atoms with van der Waals surface area (Å²) in [6, 6.07) is 13.6. The Balaban J connectivity index is 1.72. The average Bonchev–Trinajstić information content (AvgIpc) is 2.56. The number of hydrogen-bond donors (Lipinski definition) is 2. The number of anilines is 1. The van der Waals surface area contributed by atoms with Gasteiger partial charge in [-0.2, -0.15) is 0 Å². The van der Waals surface area contributed by atoms with E-state index in [0.29, 0.717) is 27.7 Å². The van der Waals surface area contributed by atoms with Crippen molar-refractivity contribution in [2.24, 2.45) is 5.10 Å². The van der Waals surface area contributed by atoms with Crippen molar-refractivity contribution in [3.05, 3.63) is 64.7 Å². The molecule has 0 fully saturated rings. The van der Waals surface area contributed by atoms with Crippen LogP contribution < -0.4 is 10.7 Å². The van der Waals surface area contributed by atoms with Crippen molar-refractivity contribution in [2.75, 3.05) is 11.9 Å². The van der Waals surface area contributed by atoms with Crippen molar-refractivity contribution < 1.29 is 14.3 Å². The number of carbonyl (C=O) groups is 2. The van der Waals surface area contributed by atoms with E-state index in [-0.39, 0.29) is 18.4 Å². The summed E-state index contributed by atoms with van der Waals surface area (Å²) >= 11 is 5.88. The molecule has 23 heavy (non-hydrogen) atoms. The number of hydrogen-bond acceptors (Lipinski definition) is 4. The SMILES string of the molecule is O=C1COC(c2ccc(C(=O)Nc3cccc(Cl)c3)cc2)=NN1. The molecule has 0 saturated heterocycles. The first-order valence-electron chi connectivity index (χ1n) is 6.78. The lowest BCUT2D eigenvalue weighted by Gasteiger charge is -2.13.